The summed E-state index contributed by atoms with van der Waals surface area (Å²) in [5.74, 6) is -0.447. The number of methoxy groups -OCH3 is 1. The van der Waals surface area contributed by atoms with Crippen LogP contribution in [0.25, 0.3) is 0 Å². The number of hydrogen-bond acceptors (Lipinski definition) is 4. The van der Waals surface area contributed by atoms with Crippen LogP contribution in [0, 0.1) is 0 Å². The van der Waals surface area contributed by atoms with Crippen molar-refractivity contribution < 1.29 is 14.6 Å². The first kappa shape index (κ1) is 11.0. The predicted molar refractivity (Wildman–Crippen MR) is 57.4 cm³/mol. The summed E-state index contributed by atoms with van der Waals surface area (Å²) in [6.07, 6.45) is 0. The minimum atomic E-state index is -1.06. The van der Waals surface area contributed by atoms with E-state index >= 15 is 0 Å². The molecule has 0 aliphatic rings. The first-order chi connectivity index (χ1) is 7.15. The first-order valence-corrected chi connectivity index (χ1v) is 4.31. The molecule has 5 heteroatoms. The van der Waals surface area contributed by atoms with Crippen molar-refractivity contribution in [1.29, 1.82) is 0 Å². The molecule has 0 unspecified atom stereocenters. The molecule has 0 aliphatic carbocycles. The van der Waals surface area contributed by atoms with Crippen molar-refractivity contribution in [2.24, 2.45) is 5.10 Å². The molecular formula is C10H12N2O3. The van der Waals surface area contributed by atoms with E-state index in [0.29, 0.717) is 11.4 Å². The van der Waals surface area contributed by atoms with E-state index in [9.17, 15) is 4.79 Å². The lowest BCUT2D eigenvalue weighted by Crippen LogP contribution is -2.10. The van der Waals surface area contributed by atoms with E-state index in [1.165, 1.54) is 14.0 Å². The van der Waals surface area contributed by atoms with Gasteiger partial charge in [0.1, 0.15) is 11.5 Å². The summed E-state index contributed by atoms with van der Waals surface area (Å²) in [5, 5.41) is 12.3. The zero-order valence-electron chi connectivity index (χ0n) is 8.52. The van der Waals surface area contributed by atoms with Gasteiger partial charge in [0.15, 0.2) is 0 Å². The molecule has 5 nitrogen and oxygen atoms in total. The average Bonchev–Trinajstić information content (AvgIpc) is 2.26. The summed E-state index contributed by atoms with van der Waals surface area (Å²) in [7, 11) is 1.54. The Hall–Kier alpha value is -2.04. The van der Waals surface area contributed by atoms with Crippen molar-refractivity contribution in [3.63, 3.8) is 0 Å². The number of carboxylic acid groups (broad SMARTS) is 1. The maximum Gasteiger partial charge on any atom is 0.351 e. The van der Waals surface area contributed by atoms with Crippen LogP contribution < -0.4 is 10.2 Å². The molecule has 80 valence electrons. The van der Waals surface area contributed by atoms with Crippen LogP contribution in [0.3, 0.4) is 0 Å². The largest absolute Gasteiger partial charge is 0.495 e. The second-order valence-corrected chi connectivity index (χ2v) is 2.81. The Balaban J connectivity index is 2.81. The molecule has 0 fully saturated rings. The average molecular weight is 208 g/mol. The summed E-state index contributed by atoms with van der Waals surface area (Å²) in [6, 6.07) is 7.12. The van der Waals surface area contributed by atoms with E-state index in [2.05, 4.69) is 10.5 Å². The van der Waals surface area contributed by atoms with E-state index in [0.717, 1.165) is 0 Å². The van der Waals surface area contributed by atoms with Gasteiger partial charge in [0.2, 0.25) is 0 Å². The van der Waals surface area contributed by atoms with Crippen molar-refractivity contribution in [3.8, 4) is 5.75 Å². The number of hydrazone groups is 1. The molecule has 0 aromatic heterocycles. The van der Waals surface area contributed by atoms with Gasteiger partial charge in [-0.2, -0.15) is 5.10 Å². The van der Waals surface area contributed by atoms with Crippen LogP contribution >= 0.6 is 0 Å². The van der Waals surface area contributed by atoms with Crippen molar-refractivity contribution in [3.05, 3.63) is 24.3 Å². The Kier molecular flexibility index (Phi) is 3.68. The number of para-hydroxylation sites is 2. The highest BCUT2D eigenvalue weighted by Gasteiger charge is 2.03. The Labute approximate surface area is 87.4 Å². The Morgan fingerprint density at radius 1 is 1.47 bits per heavy atom. The Morgan fingerprint density at radius 3 is 2.73 bits per heavy atom. The molecule has 0 radical (unpaired) electrons. The van der Waals surface area contributed by atoms with Gasteiger partial charge in [-0.25, -0.2) is 4.79 Å². The third kappa shape index (κ3) is 2.98. The van der Waals surface area contributed by atoms with Crippen LogP contribution in [0.4, 0.5) is 5.69 Å². The fourth-order valence-corrected chi connectivity index (χ4v) is 0.929. The zero-order chi connectivity index (χ0) is 11.3. The monoisotopic (exact) mass is 208 g/mol. The van der Waals surface area contributed by atoms with E-state index < -0.39 is 5.97 Å². The molecule has 1 aromatic rings. The van der Waals surface area contributed by atoms with Crippen LogP contribution in [-0.4, -0.2) is 23.9 Å². The van der Waals surface area contributed by atoms with Gasteiger partial charge in [-0.1, -0.05) is 12.1 Å². The molecule has 0 bridgehead atoms. The van der Waals surface area contributed by atoms with Crippen molar-refractivity contribution >= 4 is 17.4 Å². The molecule has 1 rings (SSSR count). The molecule has 0 spiro atoms. The van der Waals surface area contributed by atoms with Gasteiger partial charge in [-0.05, 0) is 19.1 Å². The highest BCUT2D eigenvalue weighted by molar-refractivity contribution is 6.34. The van der Waals surface area contributed by atoms with Crippen molar-refractivity contribution in [2.45, 2.75) is 6.92 Å². The van der Waals surface area contributed by atoms with Gasteiger partial charge in [0.05, 0.1) is 12.8 Å². The highest BCUT2D eigenvalue weighted by Crippen LogP contribution is 2.22. The van der Waals surface area contributed by atoms with Crippen LogP contribution in [0.15, 0.2) is 29.4 Å². The first-order valence-electron chi connectivity index (χ1n) is 4.31. The lowest BCUT2D eigenvalue weighted by Gasteiger charge is -2.06. The quantitative estimate of drug-likeness (QED) is 0.582. The summed E-state index contributed by atoms with van der Waals surface area (Å²) < 4.78 is 5.06. The molecule has 0 saturated carbocycles. The van der Waals surface area contributed by atoms with E-state index in [-0.39, 0.29) is 5.71 Å². The van der Waals surface area contributed by atoms with E-state index in [1.807, 2.05) is 6.07 Å². The fourth-order valence-electron chi connectivity index (χ4n) is 0.929. The number of carbonyl (C=O) groups is 1. The molecule has 0 atom stereocenters. The molecule has 0 aliphatic heterocycles. The predicted octanol–water partition coefficient (Wildman–Crippen LogP) is 1.57. The number of aliphatic carboxylic acids is 1. The van der Waals surface area contributed by atoms with Gasteiger partial charge in [0, 0.05) is 0 Å². The normalized spacial score (nSPS) is 10.9. The highest BCUT2D eigenvalue weighted by atomic mass is 16.5. The number of rotatable bonds is 4. The second-order valence-electron chi connectivity index (χ2n) is 2.81. The number of carboxylic acids is 1. The van der Waals surface area contributed by atoms with E-state index in [4.69, 9.17) is 9.84 Å². The standard InChI is InChI=1S/C10H12N2O3/c1-7(10(13)14)11-12-8-5-3-4-6-9(8)15-2/h3-6,12H,1-2H3,(H,13,14). The number of anilines is 1. The molecule has 0 amide bonds. The third-order valence-electron chi connectivity index (χ3n) is 1.76. The van der Waals surface area contributed by atoms with Gasteiger partial charge in [-0.15, -0.1) is 0 Å². The number of nitrogens with zero attached hydrogens (tertiary/aromatic N) is 1. The van der Waals surface area contributed by atoms with E-state index in [1.54, 1.807) is 18.2 Å². The molecule has 1 aromatic carbocycles. The fraction of sp³-hybridized carbons (Fsp3) is 0.200. The number of benzene rings is 1. The molecule has 15 heavy (non-hydrogen) atoms. The Bertz CT molecular complexity index is 388. The number of ether oxygens (including phenoxy) is 1. The molecule has 0 saturated heterocycles. The van der Waals surface area contributed by atoms with Crippen LogP contribution in [0.5, 0.6) is 5.75 Å². The third-order valence-corrected chi connectivity index (χ3v) is 1.76. The van der Waals surface area contributed by atoms with Crippen LogP contribution in [-0.2, 0) is 4.79 Å². The van der Waals surface area contributed by atoms with Gasteiger partial charge < -0.3 is 9.84 Å². The van der Waals surface area contributed by atoms with Crippen LogP contribution in [0.1, 0.15) is 6.92 Å². The minimum absolute atomic E-state index is 0.0130. The smallest absolute Gasteiger partial charge is 0.351 e. The maximum absolute atomic E-state index is 10.5. The summed E-state index contributed by atoms with van der Waals surface area (Å²) in [5.41, 5.74) is 3.24. The molecule has 2 N–H and O–H groups in total. The Morgan fingerprint density at radius 2 is 2.13 bits per heavy atom. The summed E-state index contributed by atoms with van der Waals surface area (Å²) in [6.45, 7) is 1.41. The zero-order valence-corrected chi connectivity index (χ0v) is 8.52. The van der Waals surface area contributed by atoms with Crippen LogP contribution in [0.2, 0.25) is 0 Å². The van der Waals surface area contributed by atoms with Gasteiger partial charge >= 0.3 is 5.97 Å². The van der Waals surface area contributed by atoms with Crippen molar-refractivity contribution in [1.82, 2.24) is 0 Å². The number of nitrogens with one attached hydrogen (secondary N) is 1. The maximum atomic E-state index is 10.5. The summed E-state index contributed by atoms with van der Waals surface area (Å²) in [4.78, 5) is 10.5. The topological polar surface area (TPSA) is 70.9 Å². The number of hydrogen-bond donors (Lipinski definition) is 2. The summed E-state index contributed by atoms with van der Waals surface area (Å²) >= 11 is 0. The second kappa shape index (κ2) is 4.99. The molecule has 0 heterocycles. The van der Waals surface area contributed by atoms with Crippen molar-refractivity contribution in [2.75, 3.05) is 12.5 Å². The minimum Gasteiger partial charge on any atom is -0.495 e. The lowest BCUT2D eigenvalue weighted by molar-refractivity contribution is -0.129. The van der Waals surface area contributed by atoms with Gasteiger partial charge in [0.25, 0.3) is 0 Å². The SMILES string of the molecule is COc1ccccc1NN=C(C)C(=O)O. The lowest BCUT2D eigenvalue weighted by atomic mass is 10.3. The van der Waals surface area contributed by atoms with Gasteiger partial charge in [-0.3, -0.25) is 5.43 Å². The molecular weight excluding hydrogens is 196 g/mol.